The second-order valence-electron chi connectivity index (χ2n) is 3.98. The van der Waals surface area contributed by atoms with E-state index in [1.54, 1.807) is 0 Å². The zero-order valence-corrected chi connectivity index (χ0v) is 10.5. The quantitative estimate of drug-likeness (QED) is 0.459. The van der Waals surface area contributed by atoms with Gasteiger partial charge in [-0.3, -0.25) is 0 Å². The number of benzene rings is 1. The van der Waals surface area contributed by atoms with E-state index >= 15 is 0 Å². The van der Waals surface area contributed by atoms with E-state index in [1.165, 1.54) is 10.5 Å². The van der Waals surface area contributed by atoms with Crippen LogP contribution in [0.15, 0.2) is 23.1 Å². The smallest absolute Gasteiger partial charge is 0.0317 e. The molecule has 84 valence electrons. The van der Waals surface area contributed by atoms with E-state index in [2.05, 4.69) is 32.2 Å². The van der Waals surface area contributed by atoms with Gasteiger partial charge < -0.3 is 11.1 Å². The lowest BCUT2D eigenvalue weighted by molar-refractivity contribution is 0.616. The van der Waals surface area contributed by atoms with Gasteiger partial charge in [-0.25, -0.2) is 0 Å². The van der Waals surface area contributed by atoms with Crippen molar-refractivity contribution in [2.24, 2.45) is 0 Å². The van der Waals surface area contributed by atoms with Crippen LogP contribution in [0.4, 0.5) is 5.69 Å². The van der Waals surface area contributed by atoms with E-state index in [1.807, 2.05) is 23.9 Å². The molecule has 0 spiro atoms. The molecule has 0 aliphatic heterocycles. The van der Waals surface area contributed by atoms with Gasteiger partial charge in [-0.15, -0.1) is 11.8 Å². The summed E-state index contributed by atoms with van der Waals surface area (Å²) in [5.74, 6) is 1.10. The number of anilines is 1. The topological polar surface area (TPSA) is 38.0 Å². The van der Waals surface area contributed by atoms with Crippen LogP contribution in [0, 0.1) is 6.92 Å². The average Bonchev–Trinajstić information content (AvgIpc) is 2.14. The summed E-state index contributed by atoms with van der Waals surface area (Å²) in [4.78, 5) is 1.33. The van der Waals surface area contributed by atoms with Gasteiger partial charge in [-0.05, 0) is 30.7 Å². The predicted octanol–water partition coefficient (Wildman–Crippen LogP) is 2.67. The van der Waals surface area contributed by atoms with Crippen LogP contribution in [0.5, 0.6) is 0 Å². The van der Waals surface area contributed by atoms with Crippen LogP contribution in [0.1, 0.15) is 19.4 Å². The minimum absolute atomic E-state index is 0.568. The number of rotatable bonds is 5. The SMILES string of the molecule is Cc1cc(N)ccc1SCCNC(C)C. The third kappa shape index (κ3) is 4.58. The van der Waals surface area contributed by atoms with Crippen LogP contribution >= 0.6 is 11.8 Å². The molecule has 3 heteroatoms. The number of nitrogens with two attached hydrogens (primary N) is 1. The molecular weight excluding hydrogens is 204 g/mol. The van der Waals surface area contributed by atoms with E-state index in [0.717, 1.165) is 18.0 Å². The molecule has 0 fully saturated rings. The molecule has 0 heterocycles. The third-order valence-electron chi connectivity index (χ3n) is 2.11. The number of nitrogen functional groups attached to an aromatic ring is 1. The Morgan fingerprint density at radius 2 is 2.13 bits per heavy atom. The molecule has 0 aliphatic rings. The number of thioether (sulfide) groups is 1. The minimum Gasteiger partial charge on any atom is -0.399 e. The van der Waals surface area contributed by atoms with E-state index in [-0.39, 0.29) is 0 Å². The fraction of sp³-hybridized carbons (Fsp3) is 0.500. The van der Waals surface area contributed by atoms with Crippen molar-refractivity contribution in [3.05, 3.63) is 23.8 Å². The van der Waals surface area contributed by atoms with Crippen molar-refractivity contribution >= 4 is 17.4 Å². The molecule has 3 N–H and O–H groups in total. The molecule has 1 aromatic rings. The van der Waals surface area contributed by atoms with Gasteiger partial charge in [-0.2, -0.15) is 0 Å². The van der Waals surface area contributed by atoms with Crippen molar-refractivity contribution < 1.29 is 0 Å². The Morgan fingerprint density at radius 1 is 1.40 bits per heavy atom. The first-order valence-electron chi connectivity index (χ1n) is 5.32. The number of hydrogen-bond acceptors (Lipinski definition) is 3. The molecule has 1 aromatic carbocycles. The number of nitrogens with one attached hydrogen (secondary N) is 1. The van der Waals surface area contributed by atoms with Gasteiger partial charge in [0, 0.05) is 28.9 Å². The molecule has 0 unspecified atom stereocenters. The number of aryl methyl sites for hydroxylation is 1. The Morgan fingerprint density at radius 3 is 2.73 bits per heavy atom. The lowest BCUT2D eigenvalue weighted by Crippen LogP contribution is -2.24. The Hall–Kier alpha value is -0.670. The molecule has 0 atom stereocenters. The summed E-state index contributed by atoms with van der Waals surface area (Å²) in [5.41, 5.74) is 7.81. The van der Waals surface area contributed by atoms with E-state index in [9.17, 15) is 0 Å². The Bertz CT molecular complexity index is 310. The average molecular weight is 224 g/mol. The van der Waals surface area contributed by atoms with Crippen molar-refractivity contribution in [2.45, 2.75) is 31.7 Å². The van der Waals surface area contributed by atoms with Crippen molar-refractivity contribution in [1.82, 2.24) is 5.32 Å². The second-order valence-corrected chi connectivity index (χ2v) is 5.12. The van der Waals surface area contributed by atoms with Crippen molar-refractivity contribution in [3.63, 3.8) is 0 Å². The number of hydrogen-bond donors (Lipinski definition) is 2. The fourth-order valence-electron chi connectivity index (χ4n) is 1.34. The highest BCUT2D eigenvalue weighted by Gasteiger charge is 1.99. The monoisotopic (exact) mass is 224 g/mol. The van der Waals surface area contributed by atoms with Gasteiger partial charge in [0.1, 0.15) is 0 Å². The summed E-state index contributed by atoms with van der Waals surface area (Å²) in [6.07, 6.45) is 0. The molecule has 0 radical (unpaired) electrons. The van der Waals surface area contributed by atoms with Crippen LogP contribution in [-0.2, 0) is 0 Å². The van der Waals surface area contributed by atoms with E-state index in [4.69, 9.17) is 5.73 Å². The van der Waals surface area contributed by atoms with Crippen molar-refractivity contribution in [1.29, 1.82) is 0 Å². The standard InChI is InChI=1S/C12H20N2S/c1-9(2)14-6-7-15-12-5-4-11(13)8-10(12)3/h4-5,8-9,14H,6-7,13H2,1-3H3. The van der Waals surface area contributed by atoms with Crippen LogP contribution in [0.2, 0.25) is 0 Å². The molecule has 0 aliphatic carbocycles. The van der Waals surface area contributed by atoms with Crippen LogP contribution < -0.4 is 11.1 Å². The lowest BCUT2D eigenvalue weighted by Gasteiger charge is -2.09. The molecule has 2 nitrogen and oxygen atoms in total. The summed E-state index contributed by atoms with van der Waals surface area (Å²) in [7, 11) is 0. The van der Waals surface area contributed by atoms with E-state index in [0.29, 0.717) is 6.04 Å². The Kier molecular flexibility index (Phi) is 4.99. The minimum atomic E-state index is 0.568. The van der Waals surface area contributed by atoms with E-state index < -0.39 is 0 Å². The summed E-state index contributed by atoms with van der Waals surface area (Å²) in [6, 6.07) is 6.66. The first-order valence-corrected chi connectivity index (χ1v) is 6.30. The maximum absolute atomic E-state index is 5.70. The molecule has 0 bridgehead atoms. The highest BCUT2D eigenvalue weighted by Crippen LogP contribution is 2.23. The van der Waals surface area contributed by atoms with Crippen molar-refractivity contribution in [3.8, 4) is 0 Å². The van der Waals surface area contributed by atoms with Crippen LogP contribution in [0.3, 0.4) is 0 Å². The Labute approximate surface area is 96.6 Å². The molecule has 0 saturated carbocycles. The van der Waals surface area contributed by atoms with Gasteiger partial charge in [0.15, 0.2) is 0 Å². The van der Waals surface area contributed by atoms with Gasteiger partial charge in [0.2, 0.25) is 0 Å². The predicted molar refractivity (Wildman–Crippen MR) is 69.5 cm³/mol. The molecule has 0 amide bonds. The van der Waals surface area contributed by atoms with Gasteiger partial charge in [0.05, 0.1) is 0 Å². The first-order chi connectivity index (χ1) is 7.09. The Balaban J connectivity index is 2.37. The zero-order chi connectivity index (χ0) is 11.3. The van der Waals surface area contributed by atoms with Crippen LogP contribution in [-0.4, -0.2) is 18.3 Å². The largest absolute Gasteiger partial charge is 0.399 e. The normalized spacial score (nSPS) is 10.9. The fourth-order valence-corrected chi connectivity index (χ4v) is 2.23. The first kappa shape index (κ1) is 12.4. The maximum atomic E-state index is 5.70. The molecule has 0 aromatic heterocycles. The highest BCUT2D eigenvalue weighted by atomic mass is 32.2. The van der Waals surface area contributed by atoms with Crippen LogP contribution in [0.25, 0.3) is 0 Å². The lowest BCUT2D eigenvalue weighted by atomic mass is 10.2. The summed E-state index contributed by atoms with van der Waals surface area (Å²) in [6.45, 7) is 7.49. The summed E-state index contributed by atoms with van der Waals surface area (Å²) in [5, 5.41) is 3.40. The second kappa shape index (κ2) is 6.03. The maximum Gasteiger partial charge on any atom is 0.0317 e. The van der Waals surface area contributed by atoms with Crippen molar-refractivity contribution in [2.75, 3.05) is 18.0 Å². The van der Waals surface area contributed by atoms with Gasteiger partial charge >= 0.3 is 0 Å². The summed E-state index contributed by atoms with van der Waals surface area (Å²) >= 11 is 1.88. The molecular formula is C12H20N2S. The molecule has 15 heavy (non-hydrogen) atoms. The molecule has 1 rings (SSSR count). The summed E-state index contributed by atoms with van der Waals surface area (Å²) < 4.78 is 0. The zero-order valence-electron chi connectivity index (χ0n) is 9.71. The third-order valence-corrected chi connectivity index (χ3v) is 3.29. The highest BCUT2D eigenvalue weighted by molar-refractivity contribution is 7.99. The van der Waals surface area contributed by atoms with Gasteiger partial charge in [-0.1, -0.05) is 13.8 Å². The van der Waals surface area contributed by atoms with Gasteiger partial charge in [0.25, 0.3) is 0 Å². The molecule has 0 saturated heterocycles.